The highest BCUT2D eigenvalue weighted by Gasteiger charge is 2.36. The van der Waals surface area contributed by atoms with Crippen LogP contribution in [0.2, 0.25) is 20.1 Å². The van der Waals surface area contributed by atoms with Crippen molar-refractivity contribution in [2.45, 2.75) is 43.8 Å². The molecular weight excluding hydrogens is 676 g/mol. The van der Waals surface area contributed by atoms with Crippen molar-refractivity contribution in [3.63, 3.8) is 0 Å². The number of carbonyl (C=O) groups excluding carboxylic acids is 2. The topological polar surface area (TPSA) is 86.8 Å². The van der Waals surface area contributed by atoms with Crippen LogP contribution in [-0.4, -0.2) is 43.8 Å². The van der Waals surface area contributed by atoms with E-state index in [9.17, 15) is 18.0 Å². The summed E-state index contributed by atoms with van der Waals surface area (Å²) in [6.07, 6.45) is 0.139. The minimum Gasteiger partial charge on any atom is -0.352 e. The Morgan fingerprint density at radius 3 is 1.96 bits per heavy atom. The molecule has 236 valence electrons. The minimum atomic E-state index is -4.33. The van der Waals surface area contributed by atoms with Gasteiger partial charge in [-0.1, -0.05) is 101 Å². The van der Waals surface area contributed by atoms with E-state index in [1.807, 2.05) is 44.2 Å². The van der Waals surface area contributed by atoms with Gasteiger partial charge >= 0.3 is 0 Å². The summed E-state index contributed by atoms with van der Waals surface area (Å²) in [5.74, 6) is -1.11. The summed E-state index contributed by atoms with van der Waals surface area (Å²) < 4.78 is 29.1. The first-order valence-electron chi connectivity index (χ1n) is 14.0. The number of anilines is 1. The normalized spacial score (nSPS) is 12.1. The molecule has 1 atom stereocenters. The van der Waals surface area contributed by atoms with Gasteiger partial charge in [0.05, 0.1) is 15.6 Å². The maximum Gasteiger partial charge on any atom is 0.264 e. The average molecular weight is 708 g/mol. The van der Waals surface area contributed by atoms with E-state index < -0.39 is 34.4 Å². The van der Waals surface area contributed by atoms with Crippen molar-refractivity contribution in [1.82, 2.24) is 10.2 Å². The molecule has 0 bridgehead atoms. The van der Waals surface area contributed by atoms with Crippen LogP contribution in [0, 0.1) is 0 Å². The van der Waals surface area contributed by atoms with Gasteiger partial charge in [-0.2, -0.15) is 0 Å². The van der Waals surface area contributed by atoms with Crippen LogP contribution in [0.25, 0.3) is 0 Å². The van der Waals surface area contributed by atoms with Crippen LogP contribution in [0.15, 0.2) is 102 Å². The number of benzene rings is 4. The molecule has 12 heteroatoms. The van der Waals surface area contributed by atoms with Crippen molar-refractivity contribution < 1.29 is 18.0 Å². The molecule has 0 saturated heterocycles. The molecule has 0 aliphatic carbocycles. The van der Waals surface area contributed by atoms with E-state index in [4.69, 9.17) is 46.4 Å². The first kappa shape index (κ1) is 34.6. The number of rotatable bonds is 12. The average Bonchev–Trinajstić information content (AvgIpc) is 2.99. The highest BCUT2D eigenvalue weighted by atomic mass is 35.5. The second-order valence-electron chi connectivity index (χ2n) is 10.5. The molecule has 0 radical (unpaired) electrons. The van der Waals surface area contributed by atoms with Crippen molar-refractivity contribution in [2.24, 2.45) is 0 Å². The number of halogens is 4. The Balaban J connectivity index is 1.86. The van der Waals surface area contributed by atoms with Crippen LogP contribution >= 0.6 is 46.4 Å². The van der Waals surface area contributed by atoms with Crippen molar-refractivity contribution in [1.29, 1.82) is 0 Å². The van der Waals surface area contributed by atoms with Crippen LogP contribution in [0.3, 0.4) is 0 Å². The number of sulfonamides is 1. The lowest BCUT2D eigenvalue weighted by atomic mass is 10.0. The number of nitrogens with one attached hydrogen (secondary N) is 1. The summed E-state index contributed by atoms with van der Waals surface area (Å²) in [4.78, 5) is 29.6. The molecule has 0 heterocycles. The predicted octanol–water partition coefficient (Wildman–Crippen LogP) is 7.66. The maximum absolute atomic E-state index is 14.5. The van der Waals surface area contributed by atoms with E-state index in [0.717, 1.165) is 9.87 Å². The zero-order valence-electron chi connectivity index (χ0n) is 24.5. The van der Waals surface area contributed by atoms with Crippen LogP contribution in [-0.2, 0) is 32.6 Å². The molecule has 0 fully saturated rings. The number of amides is 2. The standard InChI is InChI=1S/C33H31Cl4N3O4S/c1-22(2)38-33(42)31(18-23-10-5-3-6-11-23)39(20-26-27(35)14-9-15-28(26)36)32(41)21-40(30-17-16-24(34)19-29(30)37)45(43,44)25-12-7-4-8-13-25/h3-17,19,22,31H,18,20-21H2,1-2H3,(H,38,42)/t31-/m0/s1. The molecule has 7 nitrogen and oxygen atoms in total. The monoisotopic (exact) mass is 705 g/mol. The third-order valence-corrected chi connectivity index (χ3v) is 9.90. The molecular formula is C33H31Cl4N3O4S. The molecule has 1 N–H and O–H groups in total. The van der Waals surface area contributed by atoms with Gasteiger partial charge in [0, 0.05) is 39.6 Å². The summed E-state index contributed by atoms with van der Waals surface area (Å²) >= 11 is 25.7. The number of hydrogen-bond donors (Lipinski definition) is 1. The third kappa shape index (κ3) is 8.71. The molecule has 4 rings (SSSR count). The fraction of sp³-hybridized carbons (Fsp3) is 0.212. The quantitative estimate of drug-likeness (QED) is 0.164. The lowest BCUT2D eigenvalue weighted by Crippen LogP contribution is -2.54. The van der Waals surface area contributed by atoms with E-state index >= 15 is 0 Å². The summed E-state index contributed by atoms with van der Waals surface area (Å²) in [5.41, 5.74) is 1.24. The Kier molecular flexibility index (Phi) is 11.8. The van der Waals surface area contributed by atoms with E-state index in [2.05, 4.69) is 5.32 Å². The van der Waals surface area contributed by atoms with Crippen LogP contribution in [0.5, 0.6) is 0 Å². The summed E-state index contributed by atoms with van der Waals surface area (Å²) in [7, 11) is -4.33. The number of nitrogens with zero attached hydrogens (tertiary/aromatic N) is 2. The number of carbonyl (C=O) groups is 2. The van der Waals surface area contributed by atoms with Gasteiger partial charge in [0.1, 0.15) is 12.6 Å². The summed E-state index contributed by atoms with van der Waals surface area (Å²) in [5, 5.41) is 3.79. The molecule has 2 amide bonds. The third-order valence-electron chi connectivity index (χ3n) is 6.88. The highest BCUT2D eigenvalue weighted by molar-refractivity contribution is 7.92. The van der Waals surface area contributed by atoms with Gasteiger partial charge in [0.25, 0.3) is 10.0 Å². The first-order valence-corrected chi connectivity index (χ1v) is 16.9. The fourth-order valence-corrected chi connectivity index (χ4v) is 7.24. The number of hydrogen-bond acceptors (Lipinski definition) is 4. The van der Waals surface area contributed by atoms with Crippen molar-refractivity contribution in [3.8, 4) is 0 Å². The SMILES string of the molecule is CC(C)NC(=O)[C@H](Cc1ccccc1)N(Cc1c(Cl)cccc1Cl)C(=O)CN(c1ccc(Cl)cc1Cl)S(=O)(=O)c1ccccc1. The van der Waals surface area contributed by atoms with E-state index in [1.165, 1.54) is 35.2 Å². The molecule has 0 aromatic heterocycles. The molecule has 0 unspecified atom stereocenters. The lowest BCUT2D eigenvalue weighted by Gasteiger charge is -2.34. The predicted molar refractivity (Wildman–Crippen MR) is 182 cm³/mol. The van der Waals surface area contributed by atoms with Gasteiger partial charge in [-0.15, -0.1) is 0 Å². The van der Waals surface area contributed by atoms with Gasteiger partial charge in [0.15, 0.2) is 0 Å². The van der Waals surface area contributed by atoms with Crippen LogP contribution < -0.4 is 9.62 Å². The van der Waals surface area contributed by atoms with Gasteiger partial charge in [-0.05, 0) is 61.9 Å². The Morgan fingerprint density at radius 1 is 0.778 bits per heavy atom. The molecule has 0 aliphatic rings. The largest absolute Gasteiger partial charge is 0.352 e. The smallest absolute Gasteiger partial charge is 0.264 e. The Hall–Kier alpha value is -3.27. The van der Waals surface area contributed by atoms with Crippen molar-refractivity contribution in [3.05, 3.63) is 128 Å². The second kappa shape index (κ2) is 15.3. The Labute approximate surface area is 283 Å². The Bertz CT molecular complexity index is 1740. The van der Waals surface area contributed by atoms with Crippen molar-refractivity contribution in [2.75, 3.05) is 10.8 Å². The molecule has 4 aromatic rings. The first-order chi connectivity index (χ1) is 21.4. The van der Waals surface area contributed by atoms with Crippen molar-refractivity contribution >= 4 is 73.9 Å². The highest BCUT2D eigenvalue weighted by Crippen LogP contribution is 2.34. The van der Waals surface area contributed by atoms with Crippen LogP contribution in [0.4, 0.5) is 5.69 Å². The molecule has 0 spiro atoms. The second-order valence-corrected chi connectivity index (χ2v) is 14.0. The fourth-order valence-electron chi connectivity index (χ4n) is 4.70. The van der Waals surface area contributed by atoms with E-state index in [1.54, 1.807) is 36.4 Å². The van der Waals surface area contributed by atoms with E-state index in [0.29, 0.717) is 5.56 Å². The molecule has 0 saturated carbocycles. The van der Waals surface area contributed by atoms with Gasteiger partial charge < -0.3 is 10.2 Å². The van der Waals surface area contributed by atoms with Gasteiger partial charge in [-0.3, -0.25) is 13.9 Å². The summed E-state index contributed by atoms with van der Waals surface area (Å²) in [6, 6.07) is 24.8. The zero-order valence-corrected chi connectivity index (χ0v) is 28.3. The maximum atomic E-state index is 14.5. The molecule has 45 heavy (non-hydrogen) atoms. The Morgan fingerprint density at radius 2 is 1.38 bits per heavy atom. The van der Waals surface area contributed by atoms with E-state index in [-0.39, 0.29) is 49.7 Å². The molecule has 0 aliphatic heterocycles. The minimum absolute atomic E-state index is 0.0221. The lowest BCUT2D eigenvalue weighted by molar-refractivity contribution is -0.140. The van der Waals surface area contributed by atoms with Crippen LogP contribution in [0.1, 0.15) is 25.0 Å². The van der Waals surface area contributed by atoms with Gasteiger partial charge in [-0.25, -0.2) is 8.42 Å². The molecule has 4 aromatic carbocycles. The summed E-state index contributed by atoms with van der Waals surface area (Å²) in [6.45, 7) is 2.76. The zero-order chi connectivity index (χ0) is 32.7. The van der Waals surface area contributed by atoms with Gasteiger partial charge in [0.2, 0.25) is 11.8 Å².